The molecule has 1 saturated heterocycles. The minimum atomic E-state index is 0.388. The molecule has 0 unspecified atom stereocenters. The maximum Gasteiger partial charge on any atom is 0.161 e. The maximum absolute atomic E-state index is 5.62. The molecule has 1 aromatic heterocycles. The molecular formula is C20H28N2O3. The number of rotatable bonds is 7. The molecule has 1 aliphatic rings. The molecule has 136 valence electrons. The number of aromatic nitrogens is 1. The number of hydrogen-bond donors (Lipinski definition) is 0. The van der Waals surface area contributed by atoms with Crippen LogP contribution in [0, 0.1) is 6.92 Å². The molecule has 1 atom stereocenters. The highest BCUT2D eigenvalue weighted by molar-refractivity contribution is 5.43. The van der Waals surface area contributed by atoms with E-state index in [1.807, 2.05) is 13.0 Å². The zero-order valence-corrected chi connectivity index (χ0v) is 15.7. The van der Waals surface area contributed by atoms with Gasteiger partial charge in [-0.3, -0.25) is 4.90 Å². The number of benzene rings is 1. The van der Waals surface area contributed by atoms with Gasteiger partial charge in [-0.1, -0.05) is 18.1 Å². The Bertz CT molecular complexity index is 711. The molecule has 0 N–H and O–H groups in total. The third kappa shape index (κ3) is 3.66. The molecule has 0 spiro atoms. The first kappa shape index (κ1) is 17.8. The molecule has 2 aromatic rings. The normalized spacial score (nSPS) is 17.8. The Hall–Kier alpha value is -2.01. The van der Waals surface area contributed by atoms with Crippen molar-refractivity contribution in [3.63, 3.8) is 0 Å². The molecule has 25 heavy (non-hydrogen) atoms. The summed E-state index contributed by atoms with van der Waals surface area (Å²) in [4.78, 5) is 2.52. The fraction of sp³-hybridized carbons (Fsp3) is 0.550. The van der Waals surface area contributed by atoms with E-state index in [2.05, 4.69) is 36.0 Å². The van der Waals surface area contributed by atoms with Crippen molar-refractivity contribution < 1.29 is 14.0 Å². The largest absolute Gasteiger partial charge is 0.493 e. The standard InChI is InChI=1S/C20H28N2O3/c1-5-17-20(14(3)21-25-17)16-8-7-11-22(16)13-15-9-10-18(24-6-2)19(12-15)23-4/h9-10,12,16H,5-8,11,13H2,1-4H3/t16-/m1/s1. The molecule has 0 saturated carbocycles. The van der Waals surface area contributed by atoms with Crippen LogP contribution in [0.1, 0.15) is 55.3 Å². The summed E-state index contributed by atoms with van der Waals surface area (Å²) in [5.41, 5.74) is 3.55. The van der Waals surface area contributed by atoms with Crippen LogP contribution in [0.25, 0.3) is 0 Å². The third-order valence-corrected chi connectivity index (χ3v) is 4.91. The Morgan fingerprint density at radius 1 is 1.28 bits per heavy atom. The zero-order chi connectivity index (χ0) is 17.8. The van der Waals surface area contributed by atoms with Gasteiger partial charge in [0.1, 0.15) is 5.76 Å². The van der Waals surface area contributed by atoms with Crippen LogP contribution in [0.5, 0.6) is 11.5 Å². The SMILES string of the molecule is CCOc1ccc(CN2CCC[C@@H]2c2c(C)noc2CC)cc1OC. The number of aryl methyl sites for hydroxylation is 2. The second-order valence-electron chi connectivity index (χ2n) is 6.51. The van der Waals surface area contributed by atoms with Crippen molar-refractivity contribution in [1.29, 1.82) is 0 Å². The highest BCUT2D eigenvalue weighted by Crippen LogP contribution is 2.37. The number of hydrogen-bond acceptors (Lipinski definition) is 5. The number of ether oxygens (including phenoxy) is 2. The van der Waals surface area contributed by atoms with E-state index in [1.165, 1.54) is 17.5 Å². The van der Waals surface area contributed by atoms with E-state index in [9.17, 15) is 0 Å². The van der Waals surface area contributed by atoms with Crippen molar-refractivity contribution in [2.24, 2.45) is 0 Å². The Morgan fingerprint density at radius 3 is 2.84 bits per heavy atom. The van der Waals surface area contributed by atoms with Gasteiger partial charge in [0, 0.05) is 24.6 Å². The van der Waals surface area contributed by atoms with Crippen LogP contribution < -0.4 is 9.47 Å². The van der Waals surface area contributed by atoms with Crippen molar-refractivity contribution >= 4 is 0 Å². The first-order valence-electron chi connectivity index (χ1n) is 9.16. The van der Waals surface area contributed by atoms with Crippen LogP contribution in [0.2, 0.25) is 0 Å². The van der Waals surface area contributed by atoms with Gasteiger partial charge in [-0.25, -0.2) is 0 Å². The lowest BCUT2D eigenvalue weighted by atomic mass is 10.0. The first-order chi connectivity index (χ1) is 12.2. The van der Waals surface area contributed by atoms with Crippen LogP contribution in [-0.4, -0.2) is 30.3 Å². The lowest BCUT2D eigenvalue weighted by Gasteiger charge is -2.25. The minimum Gasteiger partial charge on any atom is -0.493 e. The lowest BCUT2D eigenvalue weighted by molar-refractivity contribution is 0.244. The Balaban J connectivity index is 1.81. The second kappa shape index (κ2) is 7.91. The summed E-state index contributed by atoms with van der Waals surface area (Å²) in [6, 6.07) is 6.61. The average molecular weight is 344 g/mol. The summed E-state index contributed by atoms with van der Waals surface area (Å²) in [5.74, 6) is 2.62. The number of methoxy groups -OCH3 is 1. The van der Waals surface area contributed by atoms with Crippen LogP contribution in [-0.2, 0) is 13.0 Å². The molecule has 5 nitrogen and oxygen atoms in total. The van der Waals surface area contributed by atoms with E-state index in [0.29, 0.717) is 12.6 Å². The van der Waals surface area contributed by atoms with Crippen LogP contribution in [0.3, 0.4) is 0 Å². The van der Waals surface area contributed by atoms with E-state index in [4.69, 9.17) is 14.0 Å². The van der Waals surface area contributed by atoms with E-state index in [-0.39, 0.29) is 0 Å². The van der Waals surface area contributed by atoms with Gasteiger partial charge >= 0.3 is 0 Å². The molecule has 0 radical (unpaired) electrons. The van der Waals surface area contributed by atoms with Crippen LogP contribution >= 0.6 is 0 Å². The third-order valence-electron chi connectivity index (χ3n) is 4.91. The quantitative estimate of drug-likeness (QED) is 0.750. The number of likely N-dealkylation sites (tertiary alicyclic amines) is 1. The van der Waals surface area contributed by atoms with Crippen molar-refractivity contribution in [2.75, 3.05) is 20.3 Å². The predicted octanol–water partition coefficient (Wildman–Crippen LogP) is 4.29. The molecular weight excluding hydrogens is 316 g/mol. The number of nitrogens with zero attached hydrogens (tertiary/aromatic N) is 2. The van der Waals surface area contributed by atoms with Crippen molar-refractivity contribution in [1.82, 2.24) is 10.1 Å². The summed E-state index contributed by atoms with van der Waals surface area (Å²) >= 11 is 0. The lowest BCUT2D eigenvalue weighted by Crippen LogP contribution is -2.23. The van der Waals surface area contributed by atoms with Gasteiger partial charge in [0.05, 0.1) is 19.4 Å². The minimum absolute atomic E-state index is 0.388. The molecule has 0 bridgehead atoms. The highest BCUT2D eigenvalue weighted by Gasteiger charge is 2.31. The highest BCUT2D eigenvalue weighted by atomic mass is 16.5. The maximum atomic E-state index is 5.62. The average Bonchev–Trinajstić information content (AvgIpc) is 3.22. The molecule has 1 fully saturated rings. The van der Waals surface area contributed by atoms with Crippen molar-refractivity contribution in [2.45, 2.75) is 52.6 Å². The van der Waals surface area contributed by atoms with E-state index in [0.717, 1.165) is 48.9 Å². The summed E-state index contributed by atoms with van der Waals surface area (Å²) in [6.45, 7) is 8.77. The molecule has 3 rings (SSSR count). The zero-order valence-electron chi connectivity index (χ0n) is 15.7. The Morgan fingerprint density at radius 2 is 2.12 bits per heavy atom. The molecule has 0 aliphatic carbocycles. The summed E-state index contributed by atoms with van der Waals surface area (Å²) in [7, 11) is 1.69. The summed E-state index contributed by atoms with van der Waals surface area (Å²) in [6.07, 6.45) is 3.24. The first-order valence-corrected chi connectivity index (χ1v) is 9.16. The van der Waals surface area contributed by atoms with Gasteiger partial charge in [-0.15, -0.1) is 0 Å². The molecule has 2 heterocycles. The van der Waals surface area contributed by atoms with Gasteiger partial charge in [-0.05, 0) is 50.9 Å². The second-order valence-corrected chi connectivity index (χ2v) is 6.51. The van der Waals surface area contributed by atoms with Gasteiger partial charge in [0.25, 0.3) is 0 Å². The van der Waals surface area contributed by atoms with Crippen molar-refractivity contribution in [3.05, 3.63) is 40.8 Å². The molecule has 1 aliphatic heterocycles. The smallest absolute Gasteiger partial charge is 0.161 e. The Kier molecular flexibility index (Phi) is 5.63. The molecule has 0 amide bonds. The summed E-state index contributed by atoms with van der Waals surface area (Å²) < 4.78 is 16.6. The van der Waals surface area contributed by atoms with Gasteiger partial charge in [0.2, 0.25) is 0 Å². The van der Waals surface area contributed by atoms with E-state index in [1.54, 1.807) is 7.11 Å². The van der Waals surface area contributed by atoms with Gasteiger partial charge in [0.15, 0.2) is 11.5 Å². The van der Waals surface area contributed by atoms with Gasteiger partial charge in [-0.2, -0.15) is 0 Å². The van der Waals surface area contributed by atoms with Crippen molar-refractivity contribution in [3.8, 4) is 11.5 Å². The molecule has 1 aromatic carbocycles. The Labute approximate surface area is 149 Å². The molecule has 5 heteroatoms. The van der Waals surface area contributed by atoms with E-state index >= 15 is 0 Å². The topological polar surface area (TPSA) is 47.7 Å². The van der Waals surface area contributed by atoms with E-state index < -0.39 is 0 Å². The fourth-order valence-electron chi connectivity index (χ4n) is 3.77. The van der Waals surface area contributed by atoms with Crippen LogP contribution in [0.4, 0.5) is 0 Å². The van der Waals surface area contributed by atoms with Crippen LogP contribution in [0.15, 0.2) is 22.7 Å². The monoisotopic (exact) mass is 344 g/mol. The van der Waals surface area contributed by atoms with Gasteiger partial charge < -0.3 is 14.0 Å². The summed E-state index contributed by atoms with van der Waals surface area (Å²) in [5, 5.41) is 4.19. The predicted molar refractivity (Wildman–Crippen MR) is 97.2 cm³/mol. The fourth-order valence-corrected chi connectivity index (χ4v) is 3.77.